The van der Waals surface area contributed by atoms with Gasteiger partial charge in [0.15, 0.2) is 0 Å². The maximum atomic E-state index is 9.72. The first kappa shape index (κ1) is 7.98. The van der Waals surface area contributed by atoms with Crippen molar-refractivity contribution < 1.29 is 18.7 Å². The van der Waals surface area contributed by atoms with Crippen LogP contribution in [0, 0.1) is 0 Å². The van der Waals surface area contributed by atoms with Crippen molar-refractivity contribution in [3.63, 3.8) is 0 Å². The highest BCUT2D eigenvalue weighted by Gasteiger charge is 2.09. The molecule has 0 saturated carbocycles. The van der Waals surface area contributed by atoms with Crippen LogP contribution in [0.5, 0.6) is 0 Å². The summed E-state index contributed by atoms with van der Waals surface area (Å²) in [6, 6.07) is 0. The topological polar surface area (TPSA) is 55.8 Å². The van der Waals surface area contributed by atoms with Crippen molar-refractivity contribution in [1.82, 2.24) is 0 Å². The molecule has 0 saturated heterocycles. The molecule has 48 valence electrons. The Bertz CT molecular complexity index is 73.7. The Morgan fingerprint density at radius 2 is 2.38 bits per heavy atom. The normalized spacial score (nSPS) is 11.5. The zero-order valence-corrected chi connectivity index (χ0v) is 5.43. The van der Waals surface area contributed by atoms with Crippen LogP contribution in [0.2, 0.25) is 0 Å². The largest absolute Gasteiger partial charge is 0.697 e. The number of rotatable bonds is 4. The second kappa shape index (κ2) is 5.12. The summed E-state index contributed by atoms with van der Waals surface area (Å²) in [5, 5.41) is 0. The van der Waals surface area contributed by atoms with Gasteiger partial charge in [0.1, 0.15) is 0 Å². The third kappa shape index (κ3) is 5.98. The molecule has 5 heteroatoms. The highest BCUT2D eigenvalue weighted by atomic mass is 31.1. The van der Waals surface area contributed by atoms with Gasteiger partial charge in [-0.1, -0.05) is 4.52 Å². The maximum absolute atomic E-state index is 9.72. The number of ether oxygens (including phenoxy) is 1. The average Bonchev–Trinajstić information content (AvgIpc) is 1.66. The molecule has 4 nitrogen and oxygen atoms in total. The summed E-state index contributed by atoms with van der Waals surface area (Å²) in [6.07, 6.45) is 0. The van der Waals surface area contributed by atoms with Gasteiger partial charge in [0.25, 0.3) is 0 Å². The van der Waals surface area contributed by atoms with Crippen molar-refractivity contribution in [1.29, 1.82) is 0 Å². The maximum Gasteiger partial charge on any atom is 0.697 e. The fourth-order valence-corrected chi connectivity index (χ4v) is 0.330. The molecule has 0 aliphatic rings. The molecule has 0 heterocycles. The SMILES string of the molecule is CCOCO[P+](=O)O. The average molecular weight is 139 g/mol. The second-order valence-corrected chi connectivity index (χ2v) is 1.71. The molecule has 8 heavy (non-hydrogen) atoms. The van der Waals surface area contributed by atoms with Crippen LogP contribution < -0.4 is 0 Å². The molecule has 0 bridgehead atoms. The molecule has 0 spiro atoms. The summed E-state index contributed by atoms with van der Waals surface area (Å²) in [7, 11) is -2.49. The minimum absolute atomic E-state index is 0.109. The molecular weight excluding hydrogens is 131 g/mol. The van der Waals surface area contributed by atoms with Gasteiger partial charge in [-0.2, -0.15) is 0 Å². The monoisotopic (exact) mass is 139 g/mol. The summed E-state index contributed by atoms with van der Waals surface area (Å²) in [5.41, 5.74) is 0. The summed E-state index contributed by atoms with van der Waals surface area (Å²) in [6.45, 7) is 2.15. The lowest BCUT2D eigenvalue weighted by Crippen LogP contribution is -1.92. The summed E-state index contributed by atoms with van der Waals surface area (Å²) in [4.78, 5) is 7.99. The molecule has 0 amide bonds. The smallest absolute Gasteiger partial charge is 0.351 e. The van der Waals surface area contributed by atoms with E-state index in [2.05, 4.69) is 9.26 Å². The molecule has 1 unspecified atom stereocenters. The van der Waals surface area contributed by atoms with Gasteiger partial charge in [-0.3, -0.25) is 0 Å². The molecule has 0 aromatic heterocycles. The van der Waals surface area contributed by atoms with Crippen molar-refractivity contribution in [2.45, 2.75) is 6.92 Å². The van der Waals surface area contributed by atoms with E-state index in [1.54, 1.807) is 6.92 Å². The van der Waals surface area contributed by atoms with Gasteiger partial charge in [0.05, 0.1) is 0 Å². The fourth-order valence-electron chi connectivity index (χ4n) is 0.166. The minimum Gasteiger partial charge on any atom is -0.351 e. The van der Waals surface area contributed by atoms with Crippen LogP contribution in [-0.4, -0.2) is 18.3 Å². The Morgan fingerprint density at radius 3 is 2.75 bits per heavy atom. The molecule has 0 rings (SSSR count). The Labute approximate surface area is 48.4 Å². The molecule has 0 aliphatic carbocycles. The van der Waals surface area contributed by atoms with E-state index in [-0.39, 0.29) is 6.79 Å². The van der Waals surface area contributed by atoms with Crippen LogP contribution in [-0.2, 0) is 13.8 Å². The van der Waals surface area contributed by atoms with Gasteiger partial charge >= 0.3 is 8.25 Å². The van der Waals surface area contributed by atoms with Crippen LogP contribution in [0.25, 0.3) is 0 Å². The van der Waals surface area contributed by atoms with E-state index in [4.69, 9.17) is 4.89 Å². The molecular formula is C3H8O4P+. The first-order valence-electron chi connectivity index (χ1n) is 2.14. The number of hydrogen-bond donors (Lipinski definition) is 1. The van der Waals surface area contributed by atoms with E-state index >= 15 is 0 Å². The fraction of sp³-hybridized carbons (Fsp3) is 1.00. The molecule has 0 radical (unpaired) electrons. The molecule has 1 atom stereocenters. The third-order valence-electron chi connectivity index (χ3n) is 0.451. The Hall–Kier alpha value is -0.0200. The van der Waals surface area contributed by atoms with Crippen molar-refractivity contribution in [2.75, 3.05) is 13.4 Å². The van der Waals surface area contributed by atoms with Gasteiger partial charge in [-0.25, -0.2) is 0 Å². The standard InChI is InChI=1S/C3H7O4P/c1-2-6-3-7-8(4)5/h2-3H2,1H3/p+1. The molecule has 1 N–H and O–H groups in total. The Kier molecular flexibility index (Phi) is 5.11. The third-order valence-corrected chi connectivity index (χ3v) is 0.777. The summed E-state index contributed by atoms with van der Waals surface area (Å²) in [5.74, 6) is 0. The van der Waals surface area contributed by atoms with Gasteiger partial charge in [0, 0.05) is 11.2 Å². The van der Waals surface area contributed by atoms with Crippen LogP contribution in [0.4, 0.5) is 0 Å². The van der Waals surface area contributed by atoms with E-state index in [1.807, 2.05) is 0 Å². The molecule has 0 aliphatic heterocycles. The van der Waals surface area contributed by atoms with Crippen LogP contribution in [0.1, 0.15) is 6.92 Å². The van der Waals surface area contributed by atoms with Gasteiger partial charge < -0.3 is 4.74 Å². The predicted molar refractivity (Wildman–Crippen MR) is 27.4 cm³/mol. The van der Waals surface area contributed by atoms with Gasteiger partial charge in [-0.15, -0.1) is 4.89 Å². The van der Waals surface area contributed by atoms with Gasteiger partial charge in [0.2, 0.25) is 6.79 Å². The quantitative estimate of drug-likeness (QED) is 0.353. The molecule has 0 fully saturated rings. The minimum atomic E-state index is -2.49. The highest BCUT2D eigenvalue weighted by molar-refractivity contribution is 7.32. The first-order chi connectivity index (χ1) is 3.77. The van der Waals surface area contributed by atoms with E-state index in [0.29, 0.717) is 6.61 Å². The van der Waals surface area contributed by atoms with Crippen molar-refractivity contribution in [2.24, 2.45) is 0 Å². The lowest BCUT2D eigenvalue weighted by molar-refractivity contribution is 0.0209. The van der Waals surface area contributed by atoms with Crippen molar-refractivity contribution in [3.8, 4) is 0 Å². The lowest BCUT2D eigenvalue weighted by atomic mass is 10.9. The lowest BCUT2D eigenvalue weighted by Gasteiger charge is -1.87. The van der Waals surface area contributed by atoms with E-state index in [1.165, 1.54) is 0 Å². The van der Waals surface area contributed by atoms with Crippen molar-refractivity contribution >= 4 is 8.25 Å². The second-order valence-electron chi connectivity index (χ2n) is 0.978. The van der Waals surface area contributed by atoms with E-state index < -0.39 is 8.25 Å². The van der Waals surface area contributed by atoms with Crippen LogP contribution in [0.3, 0.4) is 0 Å². The van der Waals surface area contributed by atoms with Gasteiger partial charge in [-0.05, 0) is 6.92 Å². The number of hydrogen-bond acceptors (Lipinski definition) is 3. The summed E-state index contributed by atoms with van der Waals surface area (Å²) < 4.78 is 18.4. The van der Waals surface area contributed by atoms with E-state index in [9.17, 15) is 4.57 Å². The first-order valence-corrected chi connectivity index (χ1v) is 3.27. The van der Waals surface area contributed by atoms with Crippen LogP contribution in [0.15, 0.2) is 0 Å². The van der Waals surface area contributed by atoms with E-state index in [0.717, 1.165) is 0 Å². The molecule has 0 aromatic rings. The van der Waals surface area contributed by atoms with Crippen LogP contribution >= 0.6 is 8.25 Å². The van der Waals surface area contributed by atoms with Crippen molar-refractivity contribution in [3.05, 3.63) is 0 Å². The highest BCUT2D eigenvalue weighted by Crippen LogP contribution is 2.12. The zero-order chi connectivity index (χ0) is 6.41. The predicted octanol–water partition coefficient (Wildman–Crippen LogP) is 0.647. The summed E-state index contributed by atoms with van der Waals surface area (Å²) >= 11 is 0. The Balaban J connectivity index is 2.82. The molecule has 0 aromatic carbocycles. The Morgan fingerprint density at radius 1 is 1.75 bits per heavy atom. The zero-order valence-electron chi connectivity index (χ0n) is 4.53.